The summed E-state index contributed by atoms with van der Waals surface area (Å²) in [6, 6.07) is 15.0. The van der Waals surface area contributed by atoms with E-state index >= 15 is 0 Å². The van der Waals surface area contributed by atoms with Crippen molar-refractivity contribution in [1.29, 1.82) is 0 Å². The van der Waals surface area contributed by atoms with Crippen LogP contribution in [0.4, 0.5) is 5.69 Å². The molecule has 0 saturated heterocycles. The lowest BCUT2D eigenvalue weighted by Crippen LogP contribution is -2.23. The van der Waals surface area contributed by atoms with Crippen molar-refractivity contribution in [3.8, 4) is 11.5 Å². The molecule has 2 aromatic carbocycles. The van der Waals surface area contributed by atoms with Crippen molar-refractivity contribution in [1.82, 2.24) is 10.3 Å². The van der Waals surface area contributed by atoms with Crippen molar-refractivity contribution >= 4 is 23.2 Å². The molecule has 0 unspecified atom stereocenters. The van der Waals surface area contributed by atoms with Gasteiger partial charge in [0.1, 0.15) is 0 Å². The maximum atomic E-state index is 12.4. The van der Waals surface area contributed by atoms with Crippen molar-refractivity contribution in [3.63, 3.8) is 0 Å². The van der Waals surface area contributed by atoms with Crippen molar-refractivity contribution in [3.05, 3.63) is 82.6 Å². The molecule has 1 amide bonds. The predicted molar refractivity (Wildman–Crippen MR) is 107 cm³/mol. The highest BCUT2D eigenvalue weighted by Gasteiger charge is 2.13. The second-order valence-electron chi connectivity index (χ2n) is 6.28. The summed E-state index contributed by atoms with van der Waals surface area (Å²) in [5, 5.41) is 6.76. The zero-order chi connectivity index (χ0) is 19.3. The zero-order valence-electron chi connectivity index (χ0n) is 14.9. The number of amides is 1. The molecule has 3 aromatic rings. The third kappa shape index (κ3) is 4.18. The lowest BCUT2D eigenvalue weighted by molar-refractivity contribution is 0.0950. The highest BCUT2D eigenvalue weighted by Crippen LogP contribution is 2.32. The normalized spacial score (nSPS) is 11.9. The number of hydrogen-bond acceptors (Lipinski definition) is 5. The summed E-state index contributed by atoms with van der Waals surface area (Å²) in [6.45, 7) is 1.18. The number of carbonyl (C=O) groups is 1. The Morgan fingerprint density at radius 3 is 2.79 bits per heavy atom. The number of benzene rings is 2. The number of halogens is 1. The minimum absolute atomic E-state index is 0.209. The van der Waals surface area contributed by atoms with E-state index in [-0.39, 0.29) is 12.7 Å². The minimum Gasteiger partial charge on any atom is -0.454 e. The largest absolute Gasteiger partial charge is 0.454 e. The van der Waals surface area contributed by atoms with Gasteiger partial charge in [0, 0.05) is 30.5 Å². The van der Waals surface area contributed by atoms with E-state index in [1.807, 2.05) is 36.4 Å². The molecule has 2 N–H and O–H groups in total. The molecule has 0 atom stereocenters. The third-order valence-corrected chi connectivity index (χ3v) is 4.70. The molecule has 0 fully saturated rings. The molecular formula is C21H18ClN3O3. The number of rotatable bonds is 6. The Bertz CT molecular complexity index is 1010. The number of ether oxygens (including phenoxy) is 2. The smallest absolute Gasteiger partial charge is 0.253 e. The summed E-state index contributed by atoms with van der Waals surface area (Å²) in [4.78, 5) is 16.6. The molecule has 0 saturated carbocycles. The fraction of sp³-hybridized carbons (Fsp3) is 0.143. The van der Waals surface area contributed by atoms with Crippen molar-refractivity contribution < 1.29 is 14.3 Å². The molecule has 0 radical (unpaired) electrons. The van der Waals surface area contributed by atoms with Gasteiger partial charge in [-0.05, 0) is 35.4 Å². The predicted octanol–water partition coefficient (Wildman–Crippen LogP) is 4.01. The van der Waals surface area contributed by atoms with Gasteiger partial charge in [-0.1, -0.05) is 35.9 Å². The average Bonchev–Trinajstić information content (AvgIpc) is 3.19. The molecule has 6 nitrogen and oxygen atoms in total. The molecule has 142 valence electrons. The van der Waals surface area contributed by atoms with Gasteiger partial charge in [-0.2, -0.15) is 0 Å². The van der Waals surface area contributed by atoms with Crippen LogP contribution in [0.15, 0.2) is 60.9 Å². The highest BCUT2D eigenvalue weighted by atomic mass is 35.5. The standard InChI is InChI=1S/C21H18ClN3O3/c22-18-4-2-1-3-15(18)11-25-21(26)16-8-17(12-23-10-16)24-9-14-5-6-19-20(7-14)28-13-27-19/h1-8,10,12,24H,9,11,13H2,(H,25,26). The lowest BCUT2D eigenvalue weighted by atomic mass is 10.2. The zero-order valence-corrected chi connectivity index (χ0v) is 15.7. The number of nitrogens with one attached hydrogen (secondary N) is 2. The lowest BCUT2D eigenvalue weighted by Gasteiger charge is -2.10. The summed E-state index contributed by atoms with van der Waals surface area (Å²) >= 11 is 6.12. The number of carbonyl (C=O) groups excluding carboxylic acids is 1. The number of fused-ring (bicyclic) bond motifs is 1. The Morgan fingerprint density at radius 1 is 1.04 bits per heavy atom. The van der Waals surface area contributed by atoms with E-state index in [0.717, 1.165) is 28.3 Å². The van der Waals surface area contributed by atoms with Gasteiger partial charge in [0.25, 0.3) is 5.91 Å². The van der Waals surface area contributed by atoms with E-state index in [2.05, 4.69) is 15.6 Å². The summed E-state index contributed by atoms with van der Waals surface area (Å²) in [6.07, 6.45) is 3.21. The molecule has 0 spiro atoms. The number of nitrogens with zero attached hydrogens (tertiary/aromatic N) is 1. The van der Waals surface area contributed by atoms with Crippen LogP contribution in [0.1, 0.15) is 21.5 Å². The molecule has 1 aliphatic rings. The summed E-state index contributed by atoms with van der Waals surface area (Å²) < 4.78 is 10.7. The van der Waals surface area contributed by atoms with Crippen LogP contribution in [0.25, 0.3) is 0 Å². The Kier molecular flexibility index (Phi) is 5.30. The van der Waals surface area contributed by atoms with E-state index in [1.54, 1.807) is 18.3 Å². The van der Waals surface area contributed by atoms with Gasteiger partial charge in [0.05, 0.1) is 11.3 Å². The Balaban J connectivity index is 1.37. The van der Waals surface area contributed by atoms with E-state index in [9.17, 15) is 4.79 Å². The van der Waals surface area contributed by atoms with Gasteiger partial charge in [-0.25, -0.2) is 0 Å². The third-order valence-electron chi connectivity index (χ3n) is 4.33. The van der Waals surface area contributed by atoms with Crippen molar-refractivity contribution in [2.24, 2.45) is 0 Å². The van der Waals surface area contributed by atoms with Crippen LogP contribution in [0.5, 0.6) is 11.5 Å². The molecule has 4 rings (SSSR count). The number of aromatic nitrogens is 1. The summed E-state index contributed by atoms with van der Waals surface area (Å²) in [5.74, 6) is 1.28. The first-order chi connectivity index (χ1) is 13.7. The highest BCUT2D eigenvalue weighted by molar-refractivity contribution is 6.31. The Hall–Kier alpha value is -3.25. The Labute approximate surface area is 167 Å². The van der Waals surface area contributed by atoms with Crippen LogP contribution in [0.3, 0.4) is 0 Å². The average molecular weight is 396 g/mol. The first-order valence-electron chi connectivity index (χ1n) is 8.78. The van der Waals surface area contributed by atoms with Crippen molar-refractivity contribution in [2.75, 3.05) is 12.1 Å². The molecule has 7 heteroatoms. The van der Waals surface area contributed by atoms with Crippen LogP contribution in [0.2, 0.25) is 5.02 Å². The van der Waals surface area contributed by atoms with E-state index in [1.165, 1.54) is 6.20 Å². The molecule has 0 bridgehead atoms. The first kappa shape index (κ1) is 18.1. The van der Waals surface area contributed by atoms with Gasteiger partial charge in [-0.3, -0.25) is 9.78 Å². The van der Waals surface area contributed by atoms with E-state index in [4.69, 9.17) is 21.1 Å². The Morgan fingerprint density at radius 2 is 1.89 bits per heavy atom. The monoisotopic (exact) mass is 395 g/mol. The second kappa shape index (κ2) is 8.19. The van der Waals surface area contributed by atoms with Gasteiger partial charge < -0.3 is 20.1 Å². The summed E-state index contributed by atoms with van der Waals surface area (Å²) in [5.41, 5.74) is 3.13. The van der Waals surface area contributed by atoms with Gasteiger partial charge in [-0.15, -0.1) is 0 Å². The van der Waals surface area contributed by atoms with Gasteiger partial charge >= 0.3 is 0 Å². The van der Waals surface area contributed by atoms with Gasteiger partial charge in [0.2, 0.25) is 6.79 Å². The quantitative estimate of drug-likeness (QED) is 0.659. The fourth-order valence-electron chi connectivity index (χ4n) is 2.84. The first-order valence-corrected chi connectivity index (χ1v) is 9.16. The molecule has 1 aliphatic heterocycles. The van der Waals surface area contributed by atoms with Crippen LogP contribution in [-0.4, -0.2) is 17.7 Å². The maximum absolute atomic E-state index is 12.4. The van der Waals surface area contributed by atoms with Crippen molar-refractivity contribution in [2.45, 2.75) is 13.1 Å². The maximum Gasteiger partial charge on any atom is 0.253 e. The van der Waals surface area contributed by atoms with Crippen LogP contribution in [-0.2, 0) is 13.1 Å². The number of pyridine rings is 1. The SMILES string of the molecule is O=C(NCc1ccccc1Cl)c1cncc(NCc2ccc3c(c2)OCO3)c1. The molecule has 2 heterocycles. The second-order valence-corrected chi connectivity index (χ2v) is 6.68. The topological polar surface area (TPSA) is 72.5 Å². The molecule has 1 aromatic heterocycles. The van der Waals surface area contributed by atoms with E-state index in [0.29, 0.717) is 23.7 Å². The van der Waals surface area contributed by atoms with Crippen LogP contribution in [0, 0.1) is 0 Å². The van der Waals surface area contributed by atoms with Crippen LogP contribution >= 0.6 is 11.6 Å². The van der Waals surface area contributed by atoms with E-state index < -0.39 is 0 Å². The minimum atomic E-state index is -0.209. The van der Waals surface area contributed by atoms with Gasteiger partial charge in [0.15, 0.2) is 11.5 Å². The molecular weight excluding hydrogens is 378 g/mol. The molecule has 28 heavy (non-hydrogen) atoms. The fourth-order valence-corrected chi connectivity index (χ4v) is 3.04. The number of anilines is 1. The number of hydrogen-bond donors (Lipinski definition) is 2. The van der Waals surface area contributed by atoms with Crippen LogP contribution < -0.4 is 20.1 Å². The molecule has 0 aliphatic carbocycles. The summed E-state index contributed by atoms with van der Waals surface area (Å²) in [7, 11) is 0.